The lowest BCUT2D eigenvalue weighted by molar-refractivity contribution is -0.742. The number of aromatic carboxylic acids is 1. The van der Waals surface area contributed by atoms with E-state index < -0.39 is 16.0 Å². The maximum Gasteiger partial charge on any atom is 0.335 e. The molecule has 0 saturated heterocycles. The third-order valence-corrected chi connectivity index (χ3v) is 1.33. The van der Waals surface area contributed by atoms with Gasteiger partial charge in [-0.3, -0.25) is 10.1 Å². The Balaban J connectivity index is 0.000000487. The van der Waals surface area contributed by atoms with E-state index in [0.29, 0.717) is 0 Å². The second kappa shape index (κ2) is 5.90. The van der Waals surface area contributed by atoms with E-state index in [2.05, 4.69) is 0 Å². The van der Waals surface area contributed by atoms with Crippen LogP contribution >= 0.6 is 0 Å². The van der Waals surface area contributed by atoms with Crippen LogP contribution in [0.4, 0.5) is 5.69 Å². The molecule has 16 heavy (non-hydrogen) atoms. The summed E-state index contributed by atoms with van der Waals surface area (Å²) in [7, 11) is 0. The summed E-state index contributed by atoms with van der Waals surface area (Å²) in [6.07, 6.45) is 0. The van der Waals surface area contributed by atoms with Crippen molar-refractivity contribution in [2.45, 2.75) is 0 Å². The fourth-order valence-corrected chi connectivity index (χ4v) is 0.726. The first-order chi connectivity index (χ1) is 7.34. The molecule has 0 aliphatic carbocycles. The smallest absolute Gasteiger partial charge is 0.335 e. The molecule has 0 fully saturated rings. The number of non-ortho nitro benzene ring substituents is 1. The van der Waals surface area contributed by atoms with Crippen LogP contribution in [0.15, 0.2) is 24.3 Å². The van der Waals surface area contributed by atoms with E-state index in [0.717, 1.165) is 12.1 Å². The highest BCUT2D eigenvalue weighted by Gasteiger charge is 2.06. The molecular formula is C7H6N2O7. The summed E-state index contributed by atoms with van der Waals surface area (Å²) in [6, 6.07) is 4.70. The summed E-state index contributed by atoms with van der Waals surface area (Å²) in [6.45, 7) is 0. The largest absolute Gasteiger partial charge is 0.478 e. The van der Waals surface area contributed by atoms with Gasteiger partial charge in [0.2, 0.25) is 0 Å². The maximum absolute atomic E-state index is 10.3. The summed E-state index contributed by atoms with van der Waals surface area (Å²) >= 11 is 0. The molecule has 2 N–H and O–H groups in total. The fraction of sp³-hybridized carbons (Fsp3) is 0. The Morgan fingerprint density at radius 2 is 1.50 bits per heavy atom. The number of carbonyl (C=O) groups is 1. The van der Waals surface area contributed by atoms with Crippen LogP contribution in [0, 0.1) is 20.2 Å². The van der Waals surface area contributed by atoms with Crippen LogP contribution in [0.5, 0.6) is 0 Å². The average molecular weight is 230 g/mol. The van der Waals surface area contributed by atoms with Crippen molar-refractivity contribution in [2.75, 3.05) is 0 Å². The topological polar surface area (TPSA) is 144 Å². The van der Waals surface area contributed by atoms with Crippen molar-refractivity contribution in [1.82, 2.24) is 0 Å². The molecule has 0 radical (unpaired) electrons. The second-order valence-electron chi connectivity index (χ2n) is 2.35. The molecule has 0 heterocycles. The zero-order chi connectivity index (χ0) is 12.7. The van der Waals surface area contributed by atoms with Crippen molar-refractivity contribution < 1.29 is 25.1 Å². The van der Waals surface area contributed by atoms with Crippen LogP contribution in [0.2, 0.25) is 0 Å². The first-order valence-electron chi connectivity index (χ1n) is 3.65. The van der Waals surface area contributed by atoms with E-state index in [1.54, 1.807) is 0 Å². The maximum atomic E-state index is 10.3. The van der Waals surface area contributed by atoms with Gasteiger partial charge in [-0.25, -0.2) is 4.79 Å². The molecule has 0 aliphatic rings. The number of hydrogen-bond acceptors (Lipinski definition) is 5. The minimum absolute atomic E-state index is 0.0422. The Morgan fingerprint density at radius 3 is 1.75 bits per heavy atom. The Morgan fingerprint density at radius 1 is 1.12 bits per heavy atom. The number of carboxylic acid groups (broad SMARTS) is 1. The van der Waals surface area contributed by atoms with Crippen molar-refractivity contribution >= 4 is 11.7 Å². The highest BCUT2D eigenvalue weighted by atomic mass is 16.9. The molecule has 1 aromatic rings. The minimum Gasteiger partial charge on any atom is -0.478 e. The van der Waals surface area contributed by atoms with Gasteiger partial charge >= 0.3 is 5.97 Å². The average Bonchev–Trinajstić information content (AvgIpc) is 2.17. The molecule has 0 bridgehead atoms. The molecular weight excluding hydrogens is 224 g/mol. The van der Waals surface area contributed by atoms with Crippen LogP contribution in [-0.4, -0.2) is 26.3 Å². The standard InChI is InChI=1S/C7H5NO4.HNO3/c9-7(10)5-1-3-6(4-2-5)8(11)12;2-1(3)4/h1-4H,(H,9,10);(H,2,3,4). The molecule has 86 valence electrons. The van der Waals surface area contributed by atoms with E-state index in [9.17, 15) is 14.9 Å². The van der Waals surface area contributed by atoms with Crippen LogP contribution in [0.25, 0.3) is 0 Å². The summed E-state index contributed by atoms with van der Waals surface area (Å²) in [4.78, 5) is 28.2. The number of carboxylic acids is 1. The van der Waals surface area contributed by atoms with Crippen LogP contribution in [0.3, 0.4) is 0 Å². The Hall–Kier alpha value is -2.71. The van der Waals surface area contributed by atoms with Crippen molar-refractivity contribution in [1.29, 1.82) is 0 Å². The van der Waals surface area contributed by atoms with Crippen molar-refractivity contribution in [3.63, 3.8) is 0 Å². The van der Waals surface area contributed by atoms with Gasteiger partial charge in [-0.05, 0) is 12.1 Å². The number of nitro benzene ring substituents is 1. The molecule has 0 spiro atoms. The quantitative estimate of drug-likeness (QED) is 0.568. The third kappa shape index (κ3) is 5.11. The highest BCUT2D eigenvalue weighted by molar-refractivity contribution is 5.87. The minimum atomic E-state index is -1.50. The van der Waals surface area contributed by atoms with Gasteiger partial charge < -0.3 is 10.3 Å². The summed E-state index contributed by atoms with van der Waals surface area (Å²) in [5.41, 5.74) is -0.0689. The van der Waals surface area contributed by atoms with Gasteiger partial charge in [0.15, 0.2) is 0 Å². The molecule has 1 rings (SSSR count). The zero-order valence-electron chi connectivity index (χ0n) is 7.64. The van der Waals surface area contributed by atoms with Crippen molar-refractivity contribution in [3.05, 3.63) is 50.1 Å². The fourth-order valence-electron chi connectivity index (χ4n) is 0.726. The van der Waals surface area contributed by atoms with E-state index in [1.165, 1.54) is 12.1 Å². The molecule has 9 nitrogen and oxygen atoms in total. The van der Waals surface area contributed by atoms with Crippen LogP contribution < -0.4 is 0 Å². The van der Waals surface area contributed by atoms with Gasteiger partial charge in [0.25, 0.3) is 10.8 Å². The lowest BCUT2D eigenvalue weighted by Gasteiger charge is -1.92. The first-order valence-corrected chi connectivity index (χ1v) is 3.65. The normalized spacial score (nSPS) is 8.50. The number of rotatable bonds is 2. The number of nitrogens with zero attached hydrogens (tertiary/aromatic N) is 2. The Kier molecular flexibility index (Phi) is 4.90. The first kappa shape index (κ1) is 13.3. The van der Waals surface area contributed by atoms with Crippen LogP contribution in [0.1, 0.15) is 10.4 Å². The predicted octanol–water partition coefficient (Wildman–Crippen LogP) is 0.945. The predicted molar refractivity (Wildman–Crippen MR) is 48.8 cm³/mol. The van der Waals surface area contributed by atoms with E-state index in [4.69, 9.17) is 20.4 Å². The molecule has 0 aromatic heterocycles. The number of hydrogen-bond donors (Lipinski definition) is 2. The molecule has 1 aromatic carbocycles. The molecule has 0 amide bonds. The zero-order valence-corrected chi connectivity index (χ0v) is 7.64. The second-order valence-corrected chi connectivity index (χ2v) is 2.35. The number of benzene rings is 1. The molecule has 0 saturated carbocycles. The van der Waals surface area contributed by atoms with Gasteiger partial charge in [-0.15, -0.1) is 10.1 Å². The molecule has 0 aliphatic heterocycles. The Bertz CT molecular complexity index is 363. The summed E-state index contributed by atoms with van der Waals surface area (Å²) in [5, 5.41) is 32.2. The van der Waals surface area contributed by atoms with E-state index >= 15 is 0 Å². The highest BCUT2D eigenvalue weighted by Crippen LogP contribution is 2.11. The van der Waals surface area contributed by atoms with E-state index in [1.807, 2.05) is 0 Å². The van der Waals surface area contributed by atoms with Gasteiger partial charge in [-0.1, -0.05) is 0 Å². The van der Waals surface area contributed by atoms with Gasteiger partial charge in [-0.2, -0.15) is 0 Å². The van der Waals surface area contributed by atoms with Gasteiger partial charge in [0.1, 0.15) is 0 Å². The molecule has 0 unspecified atom stereocenters. The summed E-state index contributed by atoms with van der Waals surface area (Å²) < 4.78 is 0. The van der Waals surface area contributed by atoms with Crippen LogP contribution in [-0.2, 0) is 0 Å². The third-order valence-electron chi connectivity index (χ3n) is 1.33. The summed E-state index contributed by atoms with van der Waals surface area (Å²) in [5.74, 6) is -1.09. The monoisotopic (exact) mass is 230 g/mol. The van der Waals surface area contributed by atoms with Gasteiger partial charge in [0, 0.05) is 12.1 Å². The van der Waals surface area contributed by atoms with Gasteiger partial charge in [0.05, 0.1) is 10.5 Å². The molecule has 0 atom stereocenters. The molecule has 9 heteroatoms. The van der Waals surface area contributed by atoms with E-state index in [-0.39, 0.29) is 11.3 Å². The van der Waals surface area contributed by atoms with Crippen molar-refractivity contribution in [3.8, 4) is 0 Å². The number of nitro groups is 1. The van der Waals surface area contributed by atoms with Crippen molar-refractivity contribution in [2.24, 2.45) is 0 Å². The Labute approximate surface area is 87.8 Å². The lowest BCUT2D eigenvalue weighted by Crippen LogP contribution is -1.96. The lowest BCUT2D eigenvalue weighted by atomic mass is 10.2. The SMILES string of the molecule is O=C(O)c1ccc([N+](=O)[O-])cc1.O=[N+]([O-])O.